The zero-order chi connectivity index (χ0) is 16.4. The Balaban J connectivity index is 1.67. The van der Waals surface area contributed by atoms with Crippen LogP contribution >= 0.6 is 0 Å². The van der Waals surface area contributed by atoms with E-state index < -0.39 is 0 Å². The molecule has 0 spiro atoms. The molecule has 1 aliphatic heterocycles. The van der Waals surface area contributed by atoms with E-state index in [1.54, 1.807) is 9.80 Å². The van der Waals surface area contributed by atoms with E-state index in [-0.39, 0.29) is 11.8 Å². The topological polar surface area (TPSA) is 40.6 Å². The van der Waals surface area contributed by atoms with Gasteiger partial charge in [-0.1, -0.05) is 38.8 Å². The Kier molecular flexibility index (Phi) is 4.69. The third-order valence-corrected chi connectivity index (χ3v) is 5.13. The summed E-state index contributed by atoms with van der Waals surface area (Å²) in [6.07, 6.45) is 4.90. The van der Waals surface area contributed by atoms with Crippen LogP contribution < -0.4 is 4.90 Å². The van der Waals surface area contributed by atoms with Gasteiger partial charge >= 0.3 is 11.8 Å². The van der Waals surface area contributed by atoms with Gasteiger partial charge in [-0.15, -0.1) is 0 Å². The maximum absolute atomic E-state index is 12.5. The molecular weight excluding hydrogens is 288 g/mol. The van der Waals surface area contributed by atoms with E-state index in [4.69, 9.17) is 0 Å². The Morgan fingerprint density at radius 1 is 1.00 bits per heavy atom. The van der Waals surface area contributed by atoms with Gasteiger partial charge in [0, 0.05) is 25.3 Å². The van der Waals surface area contributed by atoms with Crippen molar-refractivity contribution >= 4 is 17.5 Å². The van der Waals surface area contributed by atoms with Crippen LogP contribution in [-0.4, -0.2) is 36.3 Å². The molecule has 2 amide bonds. The molecule has 2 fully saturated rings. The highest BCUT2D eigenvalue weighted by atomic mass is 16.2. The zero-order valence-corrected chi connectivity index (χ0v) is 14.1. The number of anilines is 1. The largest absolute Gasteiger partial charge is 0.332 e. The lowest BCUT2D eigenvalue weighted by atomic mass is 10.0. The predicted octanol–water partition coefficient (Wildman–Crippen LogP) is 3.18. The SMILES string of the molecule is CC(C)c1ccc(N2CCN(CC3CCCC3)C(=O)C2=O)cc1. The number of carbonyl (C=O) groups excluding carboxylic acids is 2. The number of rotatable bonds is 4. The standard InChI is InChI=1S/C19H26N2O2/c1-14(2)16-7-9-17(10-8-16)21-12-11-20(18(22)19(21)23)13-15-5-3-4-6-15/h7-10,14-15H,3-6,11-13H2,1-2H3. The molecule has 3 rings (SSSR count). The average Bonchev–Trinajstić information content (AvgIpc) is 3.05. The molecule has 0 bridgehead atoms. The van der Waals surface area contributed by atoms with Crippen molar-refractivity contribution < 1.29 is 9.59 Å². The van der Waals surface area contributed by atoms with Crippen molar-refractivity contribution in [2.24, 2.45) is 5.92 Å². The third kappa shape index (κ3) is 3.41. The molecule has 1 heterocycles. The Bertz CT molecular complexity index is 574. The fraction of sp³-hybridized carbons (Fsp3) is 0.579. The van der Waals surface area contributed by atoms with E-state index >= 15 is 0 Å². The molecule has 0 aromatic heterocycles. The summed E-state index contributed by atoms with van der Waals surface area (Å²) in [4.78, 5) is 28.3. The molecule has 1 aromatic rings. The van der Waals surface area contributed by atoms with Crippen molar-refractivity contribution in [1.82, 2.24) is 4.90 Å². The number of amides is 2. The first kappa shape index (κ1) is 16.0. The van der Waals surface area contributed by atoms with Crippen molar-refractivity contribution in [3.63, 3.8) is 0 Å². The molecule has 124 valence electrons. The average molecular weight is 314 g/mol. The minimum absolute atomic E-state index is 0.337. The van der Waals surface area contributed by atoms with Crippen LogP contribution in [0.1, 0.15) is 51.0 Å². The lowest BCUT2D eigenvalue weighted by Crippen LogP contribution is -2.55. The van der Waals surface area contributed by atoms with Gasteiger partial charge in [0.15, 0.2) is 0 Å². The van der Waals surface area contributed by atoms with Crippen molar-refractivity contribution in [3.8, 4) is 0 Å². The lowest BCUT2D eigenvalue weighted by molar-refractivity contribution is -0.146. The summed E-state index contributed by atoms with van der Waals surface area (Å²) in [6, 6.07) is 7.99. The van der Waals surface area contributed by atoms with Crippen LogP contribution in [0.15, 0.2) is 24.3 Å². The van der Waals surface area contributed by atoms with E-state index in [0.717, 1.165) is 12.2 Å². The van der Waals surface area contributed by atoms with Gasteiger partial charge in [0.05, 0.1) is 0 Å². The molecule has 1 aliphatic carbocycles. The normalized spacial score (nSPS) is 20.0. The second kappa shape index (κ2) is 6.73. The summed E-state index contributed by atoms with van der Waals surface area (Å²) in [7, 11) is 0. The zero-order valence-electron chi connectivity index (χ0n) is 14.1. The highest BCUT2D eigenvalue weighted by Crippen LogP contribution is 2.27. The monoisotopic (exact) mass is 314 g/mol. The van der Waals surface area contributed by atoms with E-state index in [1.807, 2.05) is 24.3 Å². The molecule has 1 saturated carbocycles. The van der Waals surface area contributed by atoms with Gasteiger partial charge in [-0.25, -0.2) is 0 Å². The molecular formula is C19H26N2O2. The highest BCUT2D eigenvalue weighted by Gasteiger charge is 2.34. The fourth-order valence-electron chi connectivity index (χ4n) is 3.64. The molecule has 23 heavy (non-hydrogen) atoms. The number of benzene rings is 1. The number of nitrogens with zero attached hydrogens (tertiary/aromatic N) is 2. The lowest BCUT2D eigenvalue weighted by Gasteiger charge is -2.35. The summed E-state index contributed by atoms with van der Waals surface area (Å²) < 4.78 is 0. The van der Waals surface area contributed by atoms with Crippen molar-refractivity contribution in [3.05, 3.63) is 29.8 Å². The fourth-order valence-corrected chi connectivity index (χ4v) is 3.64. The minimum atomic E-state index is -0.383. The van der Waals surface area contributed by atoms with Gasteiger partial charge in [0.25, 0.3) is 0 Å². The minimum Gasteiger partial charge on any atom is -0.332 e. The van der Waals surface area contributed by atoms with Crippen LogP contribution in [0.25, 0.3) is 0 Å². The van der Waals surface area contributed by atoms with E-state index in [1.165, 1.54) is 31.2 Å². The molecule has 4 heteroatoms. The van der Waals surface area contributed by atoms with Crippen molar-refractivity contribution in [2.75, 3.05) is 24.5 Å². The van der Waals surface area contributed by atoms with Gasteiger partial charge in [0.1, 0.15) is 0 Å². The van der Waals surface area contributed by atoms with Crippen LogP contribution in [0, 0.1) is 5.92 Å². The maximum Gasteiger partial charge on any atom is 0.316 e. The summed E-state index contributed by atoms with van der Waals surface area (Å²) >= 11 is 0. The van der Waals surface area contributed by atoms with Gasteiger partial charge < -0.3 is 9.80 Å². The van der Waals surface area contributed by atoms with Gasteiger partial charge in [0.2, 0.25) is 0 Å². The summed E-state index contributed by atoms with van der Waals surface area (Å²) in [6.45, 7) is 6.28. The summed E-state index contributed by atoms with van der Waals surface area (Å²) in [5.74, 6) is 0.330. The Hall–Kier alpha value is -1.84. The first-order valence-corrected chi connectivity index (χ1v) is 8.77. The second-order valence-corrected chi connectivity index (χ2v) is 7.10. The molecule has 0 radical (unpaired) electrons. The molecule has 1 aromatic carbocycles. The first-order valence-electron chi connectivity index (χ1n) is 8.77. The number of piperazine rings is 1. The van der Waals surface area contributed by atoms with E-state index in [2.05, 4.69) is 13.8 Å². The number of carbonyl (C=O) groups is 2. The van der Waals surface area contributed by atoms with E-state index in [9.17, 15) is 9.59 Å². The van der Waals surface area contributed by atoms with Crippen LogP contribution in [-0.2, 0) is 9.59 Å². The summed E-state index contributed by atoms with van der Waals surface area (Å²) in [5.41, 5.74) is 2.07. The molecule has 0 N–H and O–H groups in total. The van der Waals surface area contributed by atoms with E-state index in [0.29, 0.717) is 24.9 Å². The van der Waals surface area contributed by atoms with Crippen LogP contribution in [0.4, 0.5) is 5.69 Å². The predicted molar refractivity (Wildman–Crippen MR) is 91.4 cm³/mol. The van der Waals surface area contributed by atoms with Crippen molar-refractivity contribution in [2.45, 2.75) is 45.4 Å². The first-order chi connectivity index (χ1) is 11.1. The number of hydrogen-bond acceptors (Lipinski definition) is 2. The molecule has 0 unspecified atom stereocenters. The maximum atomic E-state index is 12.5. The molecule has 1 saturated heterocycles. The quantitative estimate of drug-likeness (QED) is 0.801. The van der Waals surface area contributed by atoms with Crippen LogP contribution in [0.3, 0.4) is 0 Å². The summed E-state index contributed by atoms with van der Waals surface area (Å²) in [5, 5.41) is 0. The third-order valence-electron chi connectivity index (χ3n) is 5.13. The molecule has 0 atom stereocenters. The number of hydrogen-bond donors (Lipinski definition) is 0. The Morgan fingerprint density at radius 2 is 1.65 bits per heavy atom. The second-order valence-electron chi connectivity index (χ2n) is 7.10. The molecule has 4 nitrogen and oxygen atoms in total. The van der Waals surface area contributed by atoms with Gasteiger partial charge in [-0.05, 0) is 42.4 Å². The smallest absolute Gasteiger partial charge is 0.316 e. The highest BCUT2D eigenvalue weighted by molar-refractivity contribution is 6.41. The Morgan fingerprint density at radius 3 is 2.26 bits per heavy atom. The Labute approximate surface area is 138 Å². The van der Waals surface area contributed by atoms with Crippen LogP contribution in [0.2, 0.25) is 0 Å². The molecule has 2 aliphatic rings. The van der Waals surface area contributed by atoms with Gasteiger partial charge in [-0.2, -0.15) is 0 Å². The van der Waals surface area contributed by atoms with Gasteiger partial charge in [-0.3, -0.25) is 9.59 Å². The van der Waals surface area contributed by atoms with Crippen LogP contribution in [0.5, 0.6) is 0 Å². The van der Waals surface area contributed by atoms with Crippen molar-refractivity contribution in [1.29, 1.82) is 0 Å².